The number of anilines is 1. The molecule has 0 saturated carbocycles. The molecule has 9 nitrogen and oxygen atoms in total. The zero-order valence-corrected chi connectivity index (χ0v) is 11.7. The van der Waals surface area contributed by atoms with Gasteiger partial charge in [-0.3, -0.25) is 4.79 Å². The summed E-state index contributed by atoms with van der Waals surface area (Å²) in [6.07, 6.45) is 0. The van der Waals surface area contributed by atoms with Crippen LogP contribution in [0.3, 0.4) is 0 Å². The van der Waals surface area contributed by atoms with Crippen LogP contribution in [0, 0.1) is 11.3 Å². The Morgan fingerprint density at radius 1 is 1.32 bits per heavy atom. The van der Waals surface area contributed by atoms with Gasteiger partial charge < -0.3 is 20.3 Å². The fraction of sp³-hybridized carbons (Fsp3) is 0.0833. The van der Waals surface area contributed by atoms with Crippen molar-refractivity contribution < 1.29 is 29.3 Å². The molecule has 3 N–H and O–H groups in total. The van der Waals surface area contributed by atoms with E-state index >= 15 is 0 Å². The van der Waals surface area contributed by atoms with Gasteiger partial charge in [0.1, 0.15) is 0 Å². The second-order valence-corrected chi connectivity index (χ2v) is 4.03. The Balaban J connectivity index is 3.41. The highest BCUT2D eigenvalue weighted by Crippen LogP contribution is 2.34. The zero-order valence-electron chi connectivity index (χ0n) is 11.0. The molecule has 0 aliphatic heterocycles. The fourth-order valence-electron chi connectivity index (χ4n) is 1.31. The van der Waals surface area contributed by atoms with Gasteiger partial charge in [0.15, 0.2) is 0 Å². The first-order chi connectivity index (χ1) is 10.3. The van der Waals surface area contributed by atoms with Gasteiger partial charge in [-0.05, 0) is 12.1 Å². The number of nitrogens with zero attached hydrogens (tertiary/aromatic N) is 2. The topological polar surface area (TPSA) is 149 Å². The van der Waals surface area contributed by atoms with E-state index in [1.54, 1.807) is 6.07 Å². The van der Waals surface area contributed by atoms with Crippen molar-refractivity contribution in [1.82, 2.24) is 0 Å². The molecule has 0 spiro atoms. The van der Waals surface area contributed by atoms with Crippen LogP contribution in [0.15, 0.2) is 17.1 Å². The molecule has 0 aromatic heterocycles. The van der Waals surface area contributed by atoms with Crippen LogP contribution in [0.2, 0.25) is 5.02 Å². The maximum atomic E-state index is 11.2. The Labute approximate surface area is 128 Å². The maximum Gasteiger partial charge on any atom is 0.394 e. The highest BCUT2D eigenvalue weighted by atomic mass is 35.5. The molecular weight excluding hydrogens is 318 g/mol. The third-order valence-electron chi connectivity index (χ3n) is 2.22. The molecule has 0 unspecified atom stereocenters. The number of carbonyl (C=O) groups excluding carboxylic acids is 1. The number of halogens is 1. The van der Waals surface area contributed by atoms with E-state index in [0.29, 0.717) is 0 Å². The van der Waals surface area contributed by atoms with Crippen molar-refractivity contribution in [2.45, 2.75) is 0 Å². The molecule has 0 saturated heterocycles. The fourth-order valence-corrected chi connectivity index (χ4v) is 1.51. The van der Waals surface area contributed by atoms with E-state index in [0.717, 1.165) is 19.2 Å². The number of ether oxygens (including phenoxy) is 1. The first-order valence-electron chi connectivity index (χ1n) is 5.44. The molecular formula is C12H8ClN3O6. The molecule has 1 aromatic rings. The summed E-state index contributed by atoms with van der Waals surface area (Å²) in [7, 11) is 1.07. The van der Waals surface area contributed by atoms with E-state index in [9.17, 15) is 14.4 Å². The van der Waals surface area contributed by atoms with E-state index in [2.05, 4.69) is 9.73 Å². The average molecular weight is 326 g/mol. The van der Waals surface area contributed by atoms with E-state index in [1.807, 2.05) is 5.32 Å². The molecule has 1 aromatic carbocycles. The summed E-state index contributed by atoms with van der Waals surface area (Å²) in [6, 6.07) is 4.02. The monoisotopic (exact) mass is 325 g/mol. The van der Waals surface area contributed by atoms with Crippen molar-refractivity contribution in [2.24, 2.45) is 4.99 Å². The quantitative estimate of drug-likeness (QED) is 0.417. The Morgan fingerprint density at radius 3 is 2.41 bits per heavy atom. The highest BCUT2D eigenvalue weighted by molar-refractivity contribution is 6.40. The second kappa shape index (κ2) is 7.05. The lowest BCUT2D eigenvalue weighted by molar-refractivity contribution is -0.147. The number of aliphatic carboxylic acids is 2. The lowest BCUT2D eigenvalue weighted by Gasteiger charge is -2.08. The third-order valence-corrected chi connectivity index (χ3v) is 2.62. The summed E-state index contributed by atoms with van der Waals surface area (Å²) in [5, 5.41) is 28.0. The van der Waals surface area contributed by atoms with E-state index < -0.39 is 23.7 Å². The number of methoxy groups -OCH3 is 1. The summed E-state index contributed by atoms with van der Waals surface area (Å²) in [5.74, 6) is -5.31. The van der Waals surface area contributed by atoms with Crippen LogP contribution in [-0.4, -0.2) is 41.1 Å². The number of rotatable bonds is 2. The molecule has 0 fully saturated rings. The molecule has 1 rings (SSSR count). The standard InChI is InChI=1S/C12H8ClN3O6/c1-22-10(12(20)21)16-7-3-5(4-14)2-6(8(7)13)15-9(17)11(18)19/h2-3H,1H3,(H,15,17)(H,18,19)(H,20,21)/b16-10-. The van der Waals surface area contributed by atoms with Gasteiger partial charge in [-0.25, -0.2) is 14.6 Å². The van der Waals surface area contributed by atoms with Crippen molar-refractivity contribution >= 4 is 46.7 Å². The van der Waals surface area contributed by atoms with Crippen LogP contribution in [0.5, 0.6) is 0 Å². The smallest absolute Gasteiger partial charge is 0.394 e. The Kier molecular flexibility index (Phi) is 5.43. The van der Waals surface area contributed by atoms with Crippen molar-refractivity contribution in [2.75, 3.05) is 12.4 Å². The van der Waals surface area contributed by atoms with E-state index in [-0.39, 0.29) is 22.0 Å². The number of nitriles is 1. The van der Waals surface area contributed by atoms with Crippen molar-refractivity contribution in [3.05, 3.63) is 22.7 Å². The largest absolute Gasteiger partial charge is 0.476 e. The van der Waals surface area contributed by atoms with Gasteiger partial charge in [-0.2, -0.15) is 5.26 Å². The minimum absolute atomic E-state index is 0.0234. The SMILES string of the molecule is CO/C(=N\c1cc(C#N)cc(NC(=O)C(=O)O)c1Cl)C(=O)O. The van der Waals surface area contributed by atoms with Crippen LogP contribution in [0.4, 0.5) is 11.4 Å². The second-order valence-electron chi connectivity index (χ2n) is 3.65. The maximum absolute atomic E-state index is 11.2. The first kappa shape index (κ1) is 16.9. The number of nitrogens with one attached hydrogen (secondary N) is 1. The summed E-state index contributed by atoms with van der Waals surface area (Å²) in [6.45, 7) is 0. The molecule has 0 radical (unpaired) electrons. The molecule has 0 heterocycles. The van der Waals surface area contributed by atoms with Crippen LogP contribution >= 0.6 is 11.6 Å². The number of carboxylic acids is 2. The lowest BCUT2D eigenvalue weighted by atomic mass is 10.2. The van der Waals surface area contributed by atoms with Crippen LogP contribution in [0.1, 0.15) is 5.56 Å². The molecule has 0 aliphatic carbocycles. The molecule has 0 atom stereocenters. The highest BCUT2D eigenvalue weighted by Gasteiger charge is 2.18. The van der Waals surface area contributed by atoms with Gasteiger partial charge in [0.25, 0.3) is 0 Å². The number of hydrogen-bond acceptors (Lipinski definition) is 6. The van der Waals surface area contributed by atoms with Gasteiger partial charge in [0.05, 0.1) is 35.1 Å². The summed E-state index contributed by atoms with van der Waals surface area (Å²) >= 11 is 5.92. The van der Waals surface area contributed by atoms with Gasteiger partial charge in [0.2, 0.25) is 0 Å². The summed E-state index contributed by atoms with van der Waals surface area (Å²) in [5.41, 5.74) is -0.405. The van der Waals surface area contributed by atoms with E-state index in [1.165, 1.54) is 0 Å². The number of hydrogen-bond donors (Lipinski definition) is 3. The van der Waals surface area contributed by atoms with Gasteiger partial charge in [-0.1, -0.05) is 11.6 Å². The van der Waals surface area contributed by atoms with Crippen LogP contribution < -0.4 is 5.32 Å². The molecule has 22 heavy (non-hydrogen) atoms. The Morgan fingerprint density at radius 2 is 1.95 bits per heavy atom. The van der Waals surface area contributed by atoms with Gasteiger partial charge in [0, 0.05) is 0 Å². The predicted octanol–water partition coefficient (Wildman–Crippen LogP) is 0.996. The van der Waals surface area contributed by atoms with Gasteiger partial charge >= 0.3 is 23.7 Å². The summed E-state index contributed by atoms with van der Waals surface area (Å²) in [4.78, 5) is 36.1. The van der Waals surface area contributed by atoms with Crippen LogP contribution in [0.25, 0.3) is 0 Å². The minimum atomic E-state index is -1.76. The summed E-state index contributed by atoms with van der Waals surface area (Å²) < 4.78 is 4.53. The first-order valence-corrected chi connectivity index (χ1v) is 5.81. The van der Waals surface area contributed by atoms with E-state index in [4.69, 9.17) is 27.1 Å². The van der Waals surface area contributed by atoms with Gasteiger partial charge in [-0.15, -0.1) is 0 Å². The third kappa shape index (κ3) is 3.94. The predicted molar refractivity (Wildman–Crippen MR) is 74.2 cm³/mol. The number of aliphatic imine (C=N–C) groups is 1. The number of carboxylic acid groups (broad SMARTS) is 2. The van der Waals surface area contributed by atoms with Crippen molar-refractivity contribution in [3.8, 4) is 6.07 Å². The average Bonchev–Trinajstić information content (AvgIpc) is 2.47. The minimum Gasteiger partial charge on any atom is -0.476 e. The molecule has 0 bridgehead atoms. The Hall–Kier alpha value is -3.12. The normalized spacial score (nSPS) is 10.5. The number of benzene rings is 1. The lowest BCUT2D eigenvalue weighted by Crippen LogP contribution is -2.22. The number of carbonyl (C=O) groups is 3. The number of amides is 1. The molecule has 0 aliphatic rings. The molecule has 10 heteroatoms. The molecule has 114 valence electrons. The van der Waals surface area contributed by atoms with Crippen molar-refractivity contribution in [1.29, 1.82) is 5.26 Å². The zero-order chi connectivity index (χ0) is 16.9. The Bertz CT molecular complexity index is 722. The van der Waals surface area contributed by atoms with Crippen molar-refractivity contribution in [3.63, 3.8) is 0 Å². The molecule has 1 amide bonds. The van der Waals surface area contributed by atoms with Crippen LogP contribution in [-0.2, 0) is 19.1 Å².